The fraction of sp³-hybridized carbons (Fsp3) is 0.350. The quantitative estimate of drug-likeness (QED) is 0.813. The molecule has 26 heavy (non-hydrogen) atoms. The zero-order valence-electron chi connectivity index (χ0n) is 15.1. The SMILES string of the molecule is C=CC(=O)N1CC(n2ccc(NC(=O)C(c3ccccc3)C(C)C)n2)C1. The van der Waals surface area contributed by atoms with Crippen molar-refractivity contribution in [3.8, 4) is 0 Å². The number of likely N-dealkylation sites (tertiary alicyclic amines) is 1. The molecule has 1 aliphatic rings. The number of nitrogens with zero attached hydrogens (tertiary/aromatic N) is 3. The minimum Gasteiger partial charge on any atom is -0.335 e. The molecule has 1 aromatic heterocycles. The largest absolute Gasteiger partial charge is 0.335 e. The summed E-state index contributed by atoms with van der Waals surface area (Å²) in [5, 5.41) is 7.37. The standard InChI is InChI=1S/C20H24N4O2/c1-4-18(25)23-12-16(13-23)24-11-10-17(22-24)21-20(26)19(14(2)3)15-8-6-5-7-9-15/h4-11,14,16,19H,1,12-13H2,2-3H3,(H,21,22,26). The third-order valence-corrected chi connectivity index (χ3v) is 4.69. The van der Waals surface area contributed by atoms with Crippen LogP contribution in [-0.2, 0) is 9.59 Å². The molecule has 0 radical (unpaired) electrons. The molecule has 3 rings (SSSR count). The number of amides is 2. The first-order valence-corrected chi connectivity index (χ1v) is 8.82. The number of hydrogen-bond donors (Lipinski definition) is 1. The molecule has 0 spiro atoms. The summed E-state index contributed by atoms with van der Waals surface area (Å²) >= 11 is 0. The molecule has 0 bridgehead atoms. The van der Waals surface area contributed by atoms with E-state index in [1.807, 2.05) is 50.4 Å². The van der Waals surface area contributed by atoms with Gasteiger partial charge in [0.1, 0.15) is 0 Å². The highest BCUT2D eigenvalue weighted by molar-refractivity contribution is 5.95. The topological polar surface area (TPSA) is 67.2 Å². The number of aromatic nitrogens is 2. The molecule has 136 valence electrons. The lowest BCUT2D eigenvalue weighted by molar-refractivity contribution is -0.131. The van der Waals surface area contributed by atoms with E-state index in [9.17, 15) is 9.59 Å². The Morgan fingerprint density at radius 1 is 1.23 bits per heavy atom. The van der Waals surface area contributed by atoms with E-state index >= 15 is 0 Å². The Hall–Kier alpha value is -2.89. The van der Waals surface area contributed by atoms with E-state index in [0.29, 0.717) is 18.9 Å². The van der Waals surface area contributed by atoms with Crippen LogP contribution in [0.5, 0.6) is 0 Å². The van der Waals surface area contributed by atoms with E-state index in [1.165, 1.54) is 6.08 Å². The van der Waals surface area contributed by atoms with Crippen molar-refractivity contribution in [2.75, 3.05) is 18.4 Å². The van der Waals surface area contributed by atoms with Gasteiger partial charge in [-0.2, -0.15) is 5.10 Å². The average Bonchev–Trinajstić information content (AvgIpc) is 3.02. The molecule has 2 aromatic rings. The van der Waals surface area contributed by atoms with Crippen LogP contribution in [0, 0.1) is 5.92 Å². The highest BCUT2D eigenvalue weighted by atomic mass is 16.2. The van der Waals surface area contributed by atoms with Gasteiger partial charge in [0.15, 0.2) is 5.82 Å². The Labute approximate surface area is 153 Å². The van der Waals surface area contributed by atoms with Gasteiger partial charge < -0.3 is 10.2 Å². The van der Waals surface area contributed by atoms with Gasteiger partial charge in [-0.3, -0.25) is 14.3 Å². The summed E-state index contributed by atoms with van der Waals surface area (Å²) in [7, 11) is 0. The lowest BCUT2D eigenvalue weighted by Gasteiger charge is -2.38. The predicted molar refractivity (Wildman–Crippen MR) is 101 cm³/mol. The second-order valence-corrected chi connectivity index (χ2v) is 6.90. The monoisotopic (exact) mass is 352 g/mol. The first-order valence-electron chi connectivity index (χ1n) is 8.82. The van der Waals surface area contributed by atoms with Crippen molar-refractivity contribution in [1.29, 1.82) is 0 Å². The van der Waals surface area contributed by atoms with Gasteiger partial charge in [-0.05, 0) is 17.6 Å². The van der Waals surface area contributed by atoms with Crippen molar-refractivity contribution in [2.24, 2.45) is 5.92 Å². The first-order chi connectivity index (χ1) is 12.5. The van der Waals surface area contributed by atoms with Crippen LogP contribution < -0.4 is 5.32 Å². The summed E-state index contributed by atoms with van der Waals surface area (Å²) in [4.78, 5) is 26.0. The minimum atomic E-state index is -0.231. The van der Waals surface area contributed by atoms with Gasteiger partial charge in [-0.25, -0.2) is 0 Å². The number of benzene rings is 1. The average molecular weight is 352 g/mol. The van der Waals surface area contributed by atoms with Crippen LogP contribution in [0.1, 0.15) is 31.4 Å². The van der Waals surface area contributed by atoms with Crippen molar-refractivity contribution < 1.29 is 9.59 Å². The molecular formula is C20H24N4O2. The van der Waals surface area contributed by atoms with Crippen LogP contribution in [0.3, 0.4) is 0 Å². The van der Waals surface area contributed by atoms with Gasteiger partial charge in [0.25, 0.3) is 0 Å². The van der Waals surface area contributed by atoms with Crippen molar-refractivity contribution >= 4 is 17.6 Å². The van der Waals surface area contributed by atoms with Crippen molar-refractivity contribution in [2.45, 2.75) is 25.8 Å². The maximum absolute atomic E-state index is 12.8. The third-order valence-electron chi connectivity index (χ3n) is 4.69. The summed E-state index contributed by atoms with van der Waals surface area (Å²) in [6.07, 6.45) is 3.16. The fourth-order valence-electron chi connectivity index (χ4n) is 3.24. The van der Waals surface area contributed by atoms with E-state index in [1.54, 1.807) is 15.6 Å². The molecule has 1 saturated heterocycles. The van der Waals surface area contributed by atoms with Crippen LogP contribution in [-0.4, -0.2) is 39.6 Å². The van der Waals surface area contributed by atoms with Crippen LogP contribution >= 0.6 is 0 Å². The Morgan fingerprint density at radius 3 is 2.54 bits per heavy atom. The highest BCUT2D eigenvalue weighted by Gasteiger charge is 2.31. The van der Waals surface area contributed by atoms with E-state index in [4.69, 9.17) is 0 Å². The molecule has 6 heteroatoms. The second kappa shape index (κ2) is 7.56. The molecule has 0 aliphatic carbocycles. The van der Waals surface area contributed by atoms with Crippen molar-refractivity contribution in [3.63, 3.8) is 0 Å². The van der Waals surface area contributed by atoms with Gasteiger partial charge in [-0.1, -0.05) is 50.8 Å². The number of nitrogens with one attached hydrogen (secondary N) is 1. The Balaban J connectivity index is 1.64. The molecule has 1 N–H and O–H groups in total. The molecule has 1 atom stereocenters. The second-order valence-electron chi connectivity index (χ2n) is 6.90. The normalized spacial score (nSPS) is 15.4. The maximum Gasteiger partial charge on any atom is 0.246 e. The molecule has 6 nitrogen and oxygen atoms in total. The summed E-state index contributed by atoms with van der Waals surface area (Å²) in [6.45, 7) is 8.79. The van der Waals surface area contributed by atoms with Crippen LogP contribution in [0.2, 0.25) is 0 Å². The van der Waals surface area contributed by atoms with Gasteiger partial charge in [0.2, 0.25) is 11.8 Å². The smallest absolute Gasteiger partial charge is 0.246 e. The van der Waals surface area contributed by atoms with Gasteiger partial charge in [-0.15, -0.1) is 0 Å². The lowest BCUT2D eigenvalue weighted by atomic mass is 9.88. The van der Waals surface area contributed by atoms with Crippen LogP contribution in [0.25, 0.3) is 0 Å². The summed E-state index contributed by atoms with van der Waals surface area (Å²) in [5.41, 5.74) is 0.997. The molecule has 1 aliphatic heterocycles. The van der Waals surface area contributed by atoms with Crippen LogP contribution in [0.15, 0.2) is 55.3 Å². The first kappa shape index (κ1) is 17.9. The van der Waals surface area contributed by atoms with Crippen LogP contribution in [0.4, 0.5) is 5.82 Å². The molecule has 1 fully saturated rings. The maximum atomic E-state index is 12.8. The number of rotatable bonds is 6. The molecular weight excluding hydrogens is 328 g/mol. The van der Waals surface area contributed by atoms with Crippen molar-refractivity contribution in [1.82, 2.24) is 14.7 Å². The minimum absolute atomic E-state index is 0.0616. The van der Waals surface area contributed by atoms with Gasteiger partial charge in [0.05, 0.1) is 12.0 Å². The molecule has 2 amide bonds. The van der Waals surface area contributed by atoms with E-state index in [0.717, 1.165) is 5.56 Å². The summed E-state index contributed by atoms with van der Waals surface area (Å²) in [6, 6.07) is 11.7. The summed E-state index contributed by atoms with van der Waals surface area (Å²) in [5.74, 6) is 0.346. The van der Waals surface area contributed by atoms with Gasteiger partial charge >= 0.3 is 0 Å². The lowest BCUT2D eigenvalue weighted by Crippen LogP contribution is -2.50. The Morgan fingerprint density at radius 2 is 1.92 bits per heavy atom. The number of carbonyl (C=O) groups excluding carboxylic acids is 2. The molecule has 1 unspecified atom stereocenters. The Kier molecular flexibility index (Phi) is 5.21. The molecule has 2 heterocycles. The molecule has 1 aromatic carbocycles. The fourth-order valence-corrected chi connectivity index (χ4v) is 3.24. The zero-order chi connectivity index (χ0) is 18.7. The van der Waals surface area contributed by atoms with E-state index < -0.39 is 0 Å². The number of hydrogen-bond acceptors (Lipinski definition) is 3. The predicted octanol–water partition coefficient (Wildman–Crippen LogP) is 2.83. The van der Waals surface area contributed by atoms with Crippen molar-refractivity contribution in [3.05, 3.63) is 60.8 Å². The van der Waals surface area contributed by atoms with Gasteiger partial charge in [0, 0.05) is 25.4 Å². The molecule has 0 saturated carbocycles. The van der Waals surface area contributed by atoms with E-state index in [2.05, 4.69) is 17.0 Å². The zero-order valence-corrected chi connectivity index (χ0v) is 15.1. The third kappa shape index (κ3) is 3.69. The number of carbonyl (C=O) groups is 2. The number of anilines is 1. The van der Waals surface area contributed by atoms with E-state index in [-0.39, 0.29) is 29.7 Å². The Bertz CT molecular complexity index is 791. The summed E-state index contributed by atoms with van der Waals surface area (Å²) < 4.78 is 1.80. The highest BCUT2D eigenvalue weighted by Crippen LogP contribution is 2.26.